The van der Waals surface area contributed by atoms with Crippen LogP contribution in [0.5, 0.6) is 23.0 Å². The third kappa shape index (κ3) is 6.63. The van der Waals surface area contributed by atoms with Gasteiger partial charge in [-0.25, -0.2) is 4.79 Å². The van der Waals surface area contributed by atoms with Crippen LogP contribution in [-0.2, 0) is 9.47 Å². The molecule has 1 aliphatic carbocycles. The van der Waals surface area contributed by atoms with Gasteiger partial charge in [-0.05, 0) is 107 Å². The van der Waals surface area contributed by atoms with Crippen molar-refractivity contribution in [2.45, 2.75) is 44.2 Å². The smallest absolute Gasteiger partial charge is 0.343 e. The van der Waals surface area contributed by atoms with Gasteiger partial charge in [-0.2, -0.15) is 0 Å². The molecule has 2 heterocycles. The van der Waals surface area contributed by atoms with Gasteiger partial charge in [0.25, 0.3) is 6.29 Å². The Morgan fingerprint density at radius 2 is 1.29 bits per heavy atom. The molecule has 0 spiro atoms. The van der Waals surface area contributed by atoms with E-state index >= 15 is 0 Å². The quantitative estimate of drug-likeness (QED) is 0.0618. The molecular formula is C44H38O7. The summed E-state index contributed by atoms with van der Waals surface area (Å²) in [7, 11) is 0. The van der Waals surface area contributed by atoms with E-state index in [1.807, 2.05) is 48.5 Å². The van der Waals surface area contributed by atoms with Gasteiger partial charge in [0, 0.05) is 36.3 Å². The fraction of sp³-hybridized carbons (Fsp3) is 0.250. The first-order valence-corrected chi connectivity index (χ1v) is 17.8. The van der Waals surface area contributed by atoms with Gasteiger partial charge >= 0.3 is 5.97 Å². The first kappa shape index (κ1) is 31.6. The van der Waals surface area contributed by atoms with Crippen LogP contribution in [-0.4, -0.2) is 38.0 Å². The molecule has 2 fully saturated rings. The van der Waals surface area contributed by atoms with E-state index in [4.69, 9.17) is 28.4 Å². The molecular weight excluding hydrogens is 640 g/mol. The van der Waals surface area contributed by atoms with Crippen molar-refractivity contribution in [2.75, 3.05) is 19.8 Å². The van der Waals surface area contributed by atoms with Crippen molar-refractivity contribution in [3.63, 3.8) is 0 Å². The SMILES string of the molecule is O=C(Oc1ccc(C2Oc3ccc4ccccc4c3-c3c(ccc4ccccc34)O2)cc1)c1ccc(OCCCOCC2CCC3OC3C2)cc1. The van der Waals surface area contributed by atoms with E-state index in [-0.39, 0.29) is 0 Å². The molecule has 6 aromatic carbocycles. The van der Waals surface area contributed by atoms with Crippen LogP contribution in [0, 0.1) is 5.92 Å². The highest BCUT2D eigenvalue weighted by Gasteiger charge is 2.43. The summed E-state index contributed by atoms with van der Waals surface area (Å²) >= 11 is 0. The zero-order chi connectivity index (χ0) is 34.1. The number of hydrogen-bond acceptors (Lipinski definition) is 7. The van der Waals surface area contributed by atoms with Gasteiger partial charge in [-0.15, -0.1) is 0 Å². The maximum atomic E-state index is 13.0. The Kier molecular flexibility index (Phi) is 8.51. The van der Waals surface area contributed by atoms with Gasteiger partial charge < -0.3 is 28.4 Å². The first-order valence-electron chi connectivity index (χ1n) is 17.8. The highest BCUT2D eigenvalue weighted by atomic mass is 16.7. The van der Waals surface area contributed by atoms with Gasteiger partial charge in [-0.1, -0.05) is 60.7 Å². The third-order valence-corrected chi connectivity index (χ3v) is 10.1. The van der Waals surface area contributed by atoms with Crippen molar-refractivity contribution in [2.24, 2.45) is 5.92 Å². The minimum atomic E-state index is -0.714. The van der Waals surface area contributed by atoms with Crippen molar-refractivity contribution in [3.8, 4) is 34.1 Å². The molecule has 3 aliphatic rings. The maximum absolute atomic E-state index is 13.0. The summed E-state index contributed by atoms with van der Waals surface area (Å²) in [5, 5.41) is 4.45. The van der Waals surface area contributed by atoms with Crippen molar-refractivity contribution in [1.82, 2.24) is 0 Å². The third-order valence-electron chi connectivity index (χ3n) is 10.1. The molecule has 1 saturated carbocycles. The topological polar surface area (TPSA) is 75.8 Å². The molecule has 0 aromatic heterocycles. The predicted molar refractivity (Wildman–Crippen MR) is 196 cm³/mol. The number of esters is 1. The summed E-state index contributed by atoms with van der Waals surface area (Å²) in [6.45, 7) is 2.02. The summed E-state index contributed by atoms with van der Waals surface area (Å²) in [5.74, 6) is 2.78. The summed E-state index contributed by atoms with van der Waals surface area (Å²) in [6.07, 6.45) is 4.60. The Bertz CT molecular complexity index is 2110. The lowest BCUT2D eigenvalue weighted by molar-refractivity contribution is 0.00775. The summed E-state index contributed by atoms with van der Waals surface area (Å²) in [5.41, 5.74) is 3.25. The Hall–Kier alpha value is -5.37. The second-order valence-electron chi connectivity index (χ2n) is 13.5. The highest BCUT2D eigenvalue weighted by Crippen LogP contribution is 2.49. The molecule has 51 heavy (non-hydrogen) atoms. The van der Waals surface area contributed by atoms with Crippen molar-refractivity contribution < 1.29 is 33.2 Å². The number of ether oxygens (including phenoxy) is 6. The molecule has 3 unspecified atom stereocenters. The molecule has 2 aliphatic heterocycles. The zero-order valence-electron chi connectivity index (χ0n) is 28.2. The van der Waals surface area contributed by atoms with Gasteiger partial charge in [-0.3, -0.25) is 0 Å². The molecule has 6 aromatic rings. The van der Waals surface area contributed by atoms with Crippen LogP contribution in [0.4, 0.5) is 0 Å². The van der Waals surface area contributed by atoms with Crippen molar-refractivity contribution in [3.05, 3.63) is 132 Å². The predicted octanol–water partition coefficient (Wildman–Crippen LogP) is 9.70. The lowest BCUT2D eigenvalue weighted by atomic mass is 9.90. The average Bonchev–Trinajstić information content (AvgIpc) is 3.98. The number of benzene rings is 6. The lowest BCUT2D eigenvalue weighted by Gasteiger charge is -2.19. The van der Waals surface area contributed by atoms with Crippen LogP contribution < -0.4 is 18.9 Å². The molecule has 0 N–H and O–H groups in total. The van der Waals surface area contributed by atoms with E-state index in [2.05, 4.69) is 36.4 Å². The molecule has 7 heteroatoms. The largest absolute Gasteiger partial charge is 0.494 e. The highest BCUT2D eigenvalue weighted by molar-refractivity contribution is 6.10. The van der Waals surface area contributed by atoms with Crippen molar-refractivity contribution in [1.29, 1.82) is 0 Å². The summed E-state index contributed by atoms with van der Waals surface area (Å²) in [4.78, 5) is 13.0. The van der Waals surface area contributed by atoms with Crippen LogP contribution in [0.3, 0.4) is 0 Å². The number of fused-ring (bicyclic) bond motifs is 8. The second-order valence-corrected chi connectivity index (χ2v) is 13.5. The van der Waals surface area contributed by atoms with Gasteiger partial charge in [0.1, 0.15) is 23.0 Å². The minimum absolute atomic E-state index is 0.424. The Balaban J connectivity index is 0.839. The molecule has 9 rings (SSSR count). The second kappa shape index (κ2) is 13.7. The van der Waals surface area contributed by atoms with E-state index in [0.29, 0.717) is 48.4 Å². The Labute approximate surface area is 296 Å². The van der Waals surface area contributed by atoms with Crippen molar-refractivity contribution >= 4 is 27.5 Å². The standard InChI is InChI=1S/C44H38O7/c45-43(31-11-17-33(18-12-31)47-25-5-24-46-27-28-10-21-37-40(26-28)49-37)48-34-19-13-32(14-20-34)44-50-38-22-15-29-6-1-3-8-35(29)41(38)42-36-9-4-2-7-30(36)16-23-39(42)51-44/h1-4,6-9,11-20,22-23,28,37,40,44H,5,10,21,24-27H2. The molecule has 3 atom stereocenters. The van der Waals surface area contributed by atoms with E-state index in [1.165, 1.54) is 12.8 Å². The molecule has 1 saturated heterocycles. The molecule has 0 bridgehead atoms. The van der Waals surface area contributed by atoms with Crippen LogP contribution in [0.1, 0.15) is 47.9 Å². The normalized spacial score (nSPS) is 19.2. The number of carbonyl (C=O) groups excluding carboxylic acids is 1. The first-order chi connectivity index (χ1) is 25.2. The fourth-order valence-electron chi connectivity index (χ4n) is 7.39. The summed E-state index contributed by atoms with van der Waals surface area (Å²) in [6, 6.07) is 39.1. The molecule has 0 amide bonds. The summed E-state index contributed by atoms with van der Waals surface area (Å²) < 4.78 is 36.3. The van der Waals surface area contributed by atoms with E-state index in [0.717, 1.165) is 69.2 Å². The molecule has 256 valence electrons. The number of rotatable bonds is 10. The van der Waals surface area contributed by atoms with Gasteiger partial charge in [0.2, 0.25) is 0 Å². The number of carbonyl (C=O) groups is 1. The average molecular weight is 679 g/mol. The van der Waals surface area contributed by atoms with Crippen LogP contribution >= 0.6 is 0 Å². The van der Waals surface area contributed by atoms with Crippen LogP contribution in [0.2, 0.25) is 0 Å². The Morgan fingerprint density at radius 1 is 0.647 bits per heavy atom. The molecule has 0 radical (unpaired) electrons. The Morgan fingerprint density at radius 3 is 1.96 bits per heavy atom. The fourth-order valence-corrected chi connectivity index (χ4v) is 7.39. The van der Waals surface area contributed by atoms with E-state index < -0.39 is 12.3 Å². The van der Waals surface area contributed by atoms with Crippen LogP contribution in [0.25, 0.3) is 32.7 Å². The number of hydrogen-bond donors (Lipinski definition) is 0. The van der Waals surface area contributed by atoms with E-state index in [9.17, 15) is 4.79 Å². The maximum Gasteiger partial charge on any atom is 0.343 e. The minimum Gasteiger partial charge on any atom is -0.494 e. The molecule has 7 nitrogen and oxygen atoms in total. The van der Waals surface area contributed by atoms with Gasteiger partial charge in [0.15, 0.2) is 0 Å². The number of epoxide rings is 1. The zero-order valence-corrected chi connectivity index (χ0v) is 28.2. The lowest BCUT2D eigenvalue weighted by Crippen LogP contribution is -2.19. The monoisotopic (exact) mass is 678 g/mol. The van der Waals surface area contributed by atoms with E-state index in [1.54, 1.807) is 36.4 Å². The van der Waals surface area contributed by atoms with Crippen LogP contribution in [0.15, 0.2) is 121 Å². The van der Waals surface area contributed by atoms with Gasteiger partial charge in [0.05, 0.1) is 24.4 Å².